The molecule has 0 bridgehead atoms. The van der Waals surface area contributed by atoms with Gasteiger partial charge in [0.2, 0.25) is 0 Å². The maximum absolute atomic E-state index is 9.85. The van der Waals surface area contributed by atoms with Crippen molar-refractivity contribution in [2.24, 2.45) is 4.99 Å². The third-order valence-electron chi connectivity index (χ3n) is 7.12. The lowest BCUT2D eigenvalue weighted by Gasteiger charge is -2.43. The van der Waals surface area contributed by atoms with Crippen LogP contribution in [0.1, 0.15) is 58.7 Å². The number of aliphatic imine (C=N–C) groups is 1. The van der Waals surface area contributed by atoms with E-state index in [-0.39, 0.29) is 30.1 Å². The summed E-state index contributed by atoms with van der Waals surface area (Å²) in [6.45, 7) is 12.9. The monoisotopic (exact) mass is 534 g/mol. The SMILES string of the molecule is CC(=N)/N=C(\NC(C)C)c1cn2c(n1)-c1ccc(/C(=C/C=N)NC3CCCN(C(C)(C)CO)C3)cc1OCC2. The van der Waals surface area contributed by atoms with E-state index in [9.17, 15) is 5.11 Å². The van der Waals surface area contributed by atoms with Crippen molar-refractivity contribution in [3.8, 4) is 17.1 Å². The number of hydrogen-bond donors (Lipinski definition) is 5. The number of likely N-dealkylation sites (tertiary alicyclic amines) is 1. The minimum atomic E-state index is -0.267. The van der Waals surface area contributed by atoms with Gasteiger partial charge < -0.3 is 30.5 Å². The Morgan fingerprint density at radius 1 is 1.33 bits per heavy atom. The molecule has 0 spiro atoms. The van der Waals surface area contributed by atoms with Crippen LogP contribution in [0.25, 0.3) is 17.1 Å². The molecule has 3 heterocycles. The maximum atomic E-state index is 9.85. The normalized spacial score (nSPS) is 18.6. The minimum absolute atomic E-state index is 0.115. The van der Waals surface area contributed by atoms with Gasteiger partial charge in [-0.1, -0.05) is 6.07 Å². The molecule has 1 fully saturated rings. The van der Waals surface area contributed by atoms with Crippen molar-refractivity contribution in [2.45, 2.75) is 71.6 Å². The molecule has 2 aliphatic heterocycles. The van der Waals surface area contributed by atoms with Crippen molar-refractivity contribution in [1.29, 1.82) is 10.8 Å². The Labute approximate surface area is 231 Å². The van der Waals surface area contributed by atoms with E-state index in [2.05, 4.69) is 38.9 Å². The number of nitrogens with zero attached hydrogens (tertiary/aromatic N) is 4. The maximum Gasteiger partial charge on any atom is 0.155 e. The molecule has 39 heavy (non-hydrogen) atoms. The van der Waals surface area contributed by atoms with Gasteiger partial charge in [-0.05, 0) is 72.2 Å². The summed E-state index contributed by atoms with van der Waals surface area (Å²) in [7, 11) is 0. The van der Waals surface area contributed by atoms with Crippen LogP contribution in [-0.2, 0) is 6.54 Å². The van der Waals surface area contributed by atoms with E-state index in [4.69, 9.17) is 20.5 Å². The first kappa shape index (κ1) is 28.5. The average molecular weight is 535 g/mol. The highest BCUT2D eigenvalue weighted by atomic mass is 16.5. The summed E-state index contributed by atoms with van der Waals surface area (Å²) in [4.78, 5) is 11.6. The molecule has 210 valence electrons. The largest absolute Gasteiger partial charge is 0.491 e. The fraction of sp³-hybridized carbons (Fsp3) is 0.517. The average Bonchev–Trinajstić information content (AvgIpc) is 3.24. The van der Waals surface area contributed by atoms with E-state index in [0.717, 1.165) is 54.3 Å². The van der Waals surface area contributed by atoms with Crippen LogP contribution in [0.3, 0.4) is 0 Å². The first-order valence-corrected chi connectivity index (χ1v) is 13.7. The molecule has 0 aliphatic carbocycles. The number of fused-ring (bicyclic) bond motifs is 3. The second kappa shape index (κ2) is 12.1. The van der Waals surface area contributed by atoms with Crippen molar-refractivity contribution >= 4 is 23.6 Å². The number of benzene rings is 1. The number of allylic oxidation sites excluding steroid dienone is 1. The summed E-state index contributed by atoms with van der Waals surface area (Å²) in [5, 5.41) is 32.4. The molecule has 2 aliphatic rings. The van der Waals surface area contributed by atoms with Gasteiger partial charge in [0.15, 0.2) is 5.84 Å². The summed E-state index contributed by atoms with van der Waals surface area (Å²) in [5.41, 5.74) is 3.13. The molecule has 10 nitrogen and oxygen atoms in total. The molecule has 5 N–H and O–H groups in total. The summed E-state index contributed by atoms with van der Waals surface area (Å²) < 4.78 is 8.24. The molecule has 1 aromatic carbocycles. The zero-order chi connectivity index (χ0) is 28.2. The number of aromatic nitrogens is 2. The van der Waals surface area contributed by atoms with Gasteiger partial charge in [0.1, 0.15) is 29.7 Å². The molecule has 0 saturated carbocycles. The van der Waals surface area contributed by atoms with Gasteiger partial charge >= 0.3 is 0 Å². The fourth-order valence-corrected chi connectivity index (χ4v) is 5.04. The van der Waals surface area contributed by atoms with E-state index in [1.165, 1.54) is 6.21 Å². The van der Waals surface area contributed by atoms with Crippen molar-refractivity contribution in [3.63, 3.8) is 0 Å². The van der Waals surface area contributed by atoms with E-state index in [0.29, 0.717) is 24.7 Å². The Bertz CT molecular complexity index is 1260. The van der Waals surface area contributed by atoms with Gasteiger partial charge in [0.05, 0.1) is 18.7 Å². The molecule has 1 unspecified atom stereocenters. The van der Waals surface area contributed by atoms with Gasteiger partial charge in [-0.2, -0.15) is 0 Å². The van der Waals surface area contributed by atoms with Crippen LogP contribution in [0.15, 0.2) is 35.5 Å². The second-order valence-electron chi connectivity index (χ2n) is 11.2. The van der Waals surface area contributed by atoms with Crippen LogP contribution in [-0.4, -0.2) is 81.4 Å². The van der Waals surface area contributed by atoms with Crippen molar-refractivity contribution < 1.29 is 9.84 Å². The summed E-state index contributed by atoms with van der Waals surface area (Å²) >= 11 is 0. The van der Waals surface area contributed by atoms with E-state index >= 15 is 0 Å². The minimum Gasteiger partial charge on any atom is -0.491 e. The highest BCUT2D eigenvalue weighted by Crippen LogP contribution is 2.34. The Hall–Kier alpha value is -3.50. The van der Waals surface area contributed by atoms with Crippen molar-refractivity contribution in [3.05, 3.63) is 41.7 Å². The zero-order valence-electron chi connectivity index (χ0n) is 23.7. The van der Waals surface area contributed by atoms with Crippen LogP contribution in [0, 0.1) is 10.8 Å². The number of aliphatic hydroxyl groups excluding tert-OH is 1. The first-order chi connectivity index (χ1) is 18.6. The molecule has 2 aromatic rings. The van der Waals surface area contributed by atoms with Gasteiger partial charge in [0, 0.05) is 47.8 Å². The predicted octanol–water partition coefficient (Wildman–Crippen LogP) is 3.50. The fourth-order valence-electron chi connectivity index (χ4n) is 5.04. The number of imidazole rings is 1. The Balaban J connectivity index is 1.62. The van der Waals surface area contributed by atoms with Crippen LogP contribution in [0.5, 0.6) is 5.75 Å². The number of hydrogen-bond acceptors (Lipinski definition) is 7. The third kappa shape index (κ3) is 6.75. The molecule has 0 amide bonds. The third-order valence-corrected chi connectivity index (χ3v) is 7.12. The highest BCUT2D eigenvalue weighted by Gasteiger charge is 2.31. The molecule has 1 atom stereocenters. The predicted molar refractivity (Wildman–Crippen MR) is 157 cm³/mol. The lowest BCUT2D eigenvalue weighted by atomic mass is 9.96. The summed E-state index contributed by atoms with van der Waals surface area (Å²) in [5.74, 6) is 2.34. The highest BCUT2D eigenvalue weighted by molar-refractivity contribution is 6.04. The molecular weight excluding hydrogens is 492 g/mol. The molecule has 4 rings (SSSR count). The lowest BCUT2D eigenvalue weighted by Crippen LogP contribution is -2.55. The molecule has 0 radical (unpaired) electrons. The second-order valence-corrected chi connectivity index (χ2v) is 11.2. The van der Waals surface area contributed by atoms with Crippen LogP contribution in [0.4, 0.5) is 0 Å². The topological polar surface area (TPSA) is 135 Å². The molecule has 10 heteroatoms. The quantitative estimate of drug-likeness (QED) is 0.260. The molecule has 1 saturated heterocycles. The van der Waals surface area contributed by atoms with Gasteiger partial charge in [-0.15, -0.1) is 0 Å². The standard InChI is InChI=1S/C29H42N8O2/c1-19(2)32-27(33-20(3)31)25-17-36-13-14-39-26-15-21(8-9-23(26)28(36)35-25)24(10-11-30)34-22-7-6-12-37(16-22)29(4,5)18-38/h8-11,15,17,19,22,30,34,38H,6-7,12-14,16,18H2,1-5H3,(H2,31,32,33)/b24-10-,30-11?. The van der Waals surface area contributed by atoms with Gasteiger partial charge in [-0.3, -0.25) is 10.3 Å². The number of nitrogens with one attached hydrogen (secondary N) is 4. The van der Waals surface area contributed by atoms with Crippen molar-refractivity contribution in [2.75, 3.05) is 26.3 Å². The number of piperidine rings is 1. The van der Waals surface area contributed by atoms with Gasteiger partial charge in [-0.25, -0.2) is 9.98 Å². The molecular formula is C29H42N8O2. The van der Waals surface area contributed by atoms with Crippen LogP contribution >= 0.6 is 0 Å². The Morgan fingerprint density at radius 3 is 2.82 bits per heavy atom. The first-order valence-electron chi connectivity index (χ1n) is 13.7. The zero-order valence-corrected chi connectivity index (χ0v) is 23.7. The number of aliphatic hydroxyl groups is 1. The smallest absolute Gasteiger partial charge is 0.155 e. The Morgan fingerprint density at radius 2 is 2.13 bits per heavy atom. The van der Waals surface area contributed by atoms with Gasteiger partial charge in [0.25, 0.3) is 0 Å². The van der Waals surface area contributed by atoms with E-state index in [1.807, 2.05) is 38.2 Å². The summed E-state index contributed by atoms with van der Waals surface area (Å²) in [6, 6.07) is 6.44. The Kier molecular flexibility index (Phi) is 8.87. The molecule has 1 aromatic heterocycles. The number of rotatable bonds is 8. The lowest BCUT2D eigenvalue weighted by molar-refractivity contribution is 0.0338. The van der Waals surface area contributed by atoms with Crippen molar-refractivity contribution in [1.82, 2.24) is 25.1 Å². The van der Waals surface area contributed by atoms with Crippen LogP contribution < -0.4 is 15.4 Å². The number of ether oxygens (including phenoxy) is 1. The van der Waals surface area contributed by atoms with Crippen LogP contribution in [0.2, 0.25) is 0 Å². The van der Waals surface area contributed by atoms with E-state index < -0.39 is 0 Å². The summed E-state index contributed by atoms with van der Waals surface area (Å²) in [6.07, 6.45) is 7.13. The van der Waals surface area contributed by atoms with E-state index in [1.54, 1.807) is 13.0 Å². The number of amidine groups is 2.